The highest BCUT2D eigenvalue weighted by Gasteiger charge is 2.17. The van der Waals surface area contributed by atoms with E-state index in [0.29, 0.717) is 0 Å². The smallest absolute Gasteiger partial charge is 0.304 e. The minimum atomic E-state index is -2.75. The average Bonchev–Trinajstić information content (AvgIpc) is 2.61. The molecule has 0 aliphatic rings. The van der Waals surface area contributed by atoms with Gasteiger partial charge in [0.25, 0.3) is 0 Å². The number of hydrogen-bond acceptors (Lipinski definition) is 12. The summed E-state index contributed by atoms with van der Waals surface area (Å²) in [7, 11) is 3.00. The first-order valence-electron chi connectivity index (χ1n) is 5.74. The Balaban J connectivity index is -0.000000119. The van der Waals surface area contributed by atoms with Gasteiger partial charge in [-0.15, -0.1) is 0 Å². The Morgan fingerprint density at radius 2 is 1.24 bits per heavy atom. The van der Waals surface area contributed by atoms with Gasteiger partial charge in [0.2, 0.25) is 10.1 Å². The summed E-state index contributed by atoms with van der Waals surface area (Å²) in [6.45, 7) is -2.75. The van der Waals surface area contributed by atoms with E-state index in [4.69, 9.17) is 0 Å². The molecule has 0 rings (SSSR count). The van der Waals surface area contributed by atoms with Gasteiger partial charge in [0, 0.05) is 26.7 Å². The third kappa shape index (κ3) is 37.2. The zero-order valence-corrected chi connectivity index (χ0v) is 22.2. The second-order valence-corrected chi connectivity index (χ2v) is 18.4. The van der Waals surface area contributed by atoms with Gasteiger partial charge in [0.1, 0.15) is 0 Å². The van der Waals surface area contributed by atoms with E-state index in [-0.39, 0.29) is 0 Å². The van der Waals surface area contributed by atoms with Crippen LogP contribution < -0.4 is 0 Å². The van der Waals surface area contributed by atoms with Gasteiger partial charge in [0.15, 0.2) is 8.87 Å². The molecule has 0 heterocycles. The molecule has 2 unspecified atom stereocenters. The van der Waals surface area contributed by atoms with Crippen molar-refractivity contribution < 1.29 is 34.6 Å². The highest BCUT2D eigenvalue weighted by molar-refractivity contribution is 8.71. The van der Waals surface area contributed by atoms with Crippen LogP contribution >= 0.6 is 50.6 Å². The molecule has 0 fully saturated rings. The Hall–Kier alpha value is 1.76. The third-order valence-corrected chi connectivity index (χ3v) is 11.1. The normalized spacial score (nSPS) is 13.0. The lowest BCUT2D eigenvalue weighted by Crippen LogP contribution is -1.83. The predicted molar refractivity (Wildman–Crippen MR) is 120 cm³/mol. The average molecular weight is 519 g/mol. The summed E-state index contributed by atoms with van der Waals surface area (Å²) in [6.07, 6.45) is 9.58. The van der Waals surface area contributed by atoms with E-state index in [0.717, 1.165) is 22.2 Å². The van der Waals surface area contributed by atoms with Crippen molar-refractivity contribution in [3.8, 4) is 0 Å². The molecule has 25 heavy (non-hydrogen) atoms. The zero-order valence-electron chi connectivity index (χ0n) is 15.6. The fourth-order valence-corrected chi connectivity index (χ4v) is 2.18. The SMILES string of the molecule is COP(=O)(OC)SC.COS(=O)SC.CSS(C)(=O)=O.CSS(C)=O. The molecule has 0 spiro atoms. The van der Waals surface area contributed by atoms with Crippen LogP contribution in [-0.2, 0) is 46.6 Å². The number of hydrogen-bond donors (Lipinski definition) is 0. The molecule has 0 saturated heterocycles. The van der Waals surface area contributed by atoms with Gasteiger partial charge in [-0.25, -0.2) is 21.4 Å². The summed E-state index contributed by atoms with van der Waals surface area (Å²) in [5, 5.41) is 0. The largest absolute Gasteiger partial charge is 0.388 e. The van der Waals surface area contributed by atoms with Gasteiger partial charge in [0.05, 0.1) is 16.9 Å². The topological polar surface area (TPSA) is 113 Å². The Morgan fingerprint density at radius 1 is 0.920 bits per heavy atom. The zero-order chi connectivity index (χ0) is 21.1. The van der Waals surface area contributed by atoms with Gasteiger partial charge in [-0.1, -0.05) is 10.8 Å². The Labute approximate surface area is 172 Å². The third-order valence-electron chi connectivity index (χ3n) is 1.48. The molecule has 0 radical (unpaired) electrons. The molecule has 16 heteroatoms. The molecule has 0 N–H and O–H groups in total. The monoisotopic (exact) mass is 518 g/mol. The molecule has 158 valence electrons. The van der Waals surface area contributed by atoms with Crippen LogP contribution in [0.2, 0.25) is 0 Å². The molecule has 0 saturated carbocycles. The minimum Gasteiger partial charge on any atom is -0.304 e. The van der Waals surface area contributed by atoms with E-state index in [1.54, 1.807) is 18.8 Å². The first kappa shape index (κ1) is 34.3. The minimum absolute atomic E-state index is 0.656. The standard InChI is InChI=1S/C3H9O3PS.2C2H6O2S2.C2H6OS2/c1-5-7(4,6-2)8-3;1-5-6(2,3)4;1-4-6(3)5-2;1-4-5(2)3/h1-3H3;2*1-2H3;1-2H3. The summed E-state index contributed by atoms with van der Waals surface area (Å²) in [5.74, 6) is 0. The lowest BCUT2D eigenvalue weighted by atomic mass is 11.8. The summed E-state index contributed by atoms with van der Waals surface area (Å²) >= 11 is 1.08. The highest BCUT2D eigenvalue weighted by atomic mass is 33.1. The van der Waals surface area contributed by atoms with Crippen molar-refractivity contribution in [1.82, 2.24) is 0 Å². The van der Waals surface area contributed by atoms with Crippen molar-refractivity contribution in [1.29, 1.82) is 0 Å². The lowest BCUT2D eigenvalue weighted by Gasteiger charge is -2.07. The lowest BCUT2D eigenvalue weighted by molar-refractivity contribution is 0.295. The van der Waals surface area contributed by atoms with Crippen molar-refractivity contribution in [2.24, 2.45) is 0 Å². The molecular formula is C9H27O8PS7. The van der Waals surface area contributed by atoms with Gasteiger partial charge in [-0.2, -0.15) is 0 Å². The maximum Gasteiger partial charge on any atom is 0.388 e. The first-order chi connectivity index (χ1) is 11.3. The summed E-state index contributed by atoms with van der Waals surface area (Å²) in [4.78, 5) is 0. The van der Waals surface area contributed by atoms with Crippen molar-refractivity contribution in [3.63, 3.8) is 0 Å². The van der Waals surface area contributed by atoms with Crippen LogP contribution in [0.1, 0.15) is 0 Å². The summed E-state index contributed by atoms with van der Waals surface area (Å²) in [5.41, 5.74) is 0. The van der Waals surface area contributed by atoms with Crippen LogP contribution in [0.3, 0.4) is 0 Å². The fraction of sp³-hybridized carbons (Fsp3) is 1.00. The molecular weight excluding hydrogens is 492 g/mol. The van der Waals surface area contributed by atoms with Gasteiger partial charge >= 0.3 is 6.80 Å². The van der Waals surface area contributed by atoms with Crippen LogP contribution in [0.4, 0.5) is 0 Å². The van der Waals surface area contributed by atoms with E-state index >= 15 is 0 Å². The number of rotatable bonds is 7. The van der Waals surface area contributed by atoms with Gasteiger partial charge in [-0.05, 0) is 58.0 Å². The first-order valence-corrected chi connectivity index (χ1v) is 18.9. The van der Waals surface area contributed by atoms with Crippen molar-refractivity contribution in [2.75, 3.05) is 58.9 Å². The maximum absolute atomic E-state index is 10.8. The molecule has 2 atom stereocenters. The van der Waals surface area contributed by atoms with Gasteiger partial charge in [-0.3, -0.25) is 4.18 Å². The van der Waals surface area contributed by atoms with Crippen LogP contribution in [0.25, 0.3) is 0 Å². The van der Waals surface area contributed by atoms with E-state index in [1.807, 2.05) is 6.26 Å². The fourth-order valence-electron chi connectivity index (χ4n) is 0.292. The molecule has 0 aromatic carbocycles. The Kier molecular flexibility index (Phi) is 30.2. The second-order valence-electron chi connectivity index (χ2n) is 2.97. The molecule has 0 aromatic heterocycles. The van der Waals surface area contributed by atoms with Crippen molar-refractivity contribution in [2.45, 2.75) is 0 Å². The summed E-state index contributed by atoms with van der Waals surface area (Å²) in [6, 6.07) is 0. The van der Waals surface area contributed by atoms with E-state index in [1.165, 1.54) is 55.4 Å². The van der Waals surface area contributed by atoms with Crippen LogP contribution in [0, 0.1) is 0 Å². The van der Waals surface area contributed by atoms with Gasteiger partial charge < -0.3 is 9.05 Å². The van der Waals surface area contributed by atoms with E-state index in [9.17, 15) is 21.4 Å². The van der Waals surface area contributed by atoms with Crippen LogP contribution in [0.5, 0.6) is 0 Å². The molecule has 8 nitrogen and oxygen atoms in total. The quantitative estimate of drug-likeness (QED) is 0.364. The molecule has 0 amide bonds. The van der Waals surface area contributed by atoms with Crippen LogP contribution in [0.15, 0.2) is 0 Å². The Morgan fingerprint density at radius 3 is 1.24 bits per heavy atom. The van der Waals surface area contributed by atoms with E-state index in [2.05, 4.69) is 13.2 Å². The Bertz CT molecular complexity index is 459. The molecule has 0 aromatic rings. The highest BCUT2D eigenvalue weighted by Crippen LogP contribution is 2.57. The summed E-state index contributed by atoms with van der Waals surface area (Å²) < 4.78 is 64.1. The molecule has 0 aliphatic heterocycles. The molecule has 0 aliphatic carbocycles. The second kappa shape index (κ2) is 22.1. The van der Waals surface area contributed by atoms with E-state index < -0.39 is 35.6 Å². The van der Waals surface area contributed by atoms with Crippen LogP contribution in [-0.4, -0.2) is 75.7 Å². The maximum atomic E-state index is 10.8. The van der Waals surface area contributed by atoms with Crippen molar-refractivity contribution in [3.05, 3.63) is 0 Å². The van der Waals surface area contributed by atoms with Crippen molar-refractivity contribution >= 4 is 79.4 Å². The molecule has 0 bridgehead atoms. The predicted octanol–water partition coefficient (Wildman–Crippen LogP) is 3.28.